The van der Waals surface area contributed by atoms with Gasteiger partial charge in [0.1, 0.15) is 22.9 Å². The molecule has 0 aliphatic carbocycles. The first kappa shape index (κ1) is 23.5. The van der Waals surface area contributed by atoms with Crippen LogP contribution in [0.25, 0.3) is 0 Å². The number of aromatic nitrogens is 4. The van der Waals surface area contributed by atoms with E-state index >= 15 is 0 Å². The number of rotatable bonds is 8. The third-order valence-corrected chi connectivity index (χ3v) is 7.95. The van der Waals surface area contributed by atoms with E-state index < -0.39 is 29.2 Å². The van der Waals surface area contributed by atoms with Crippen molar-refractivity contribution in [2.75, 3.05) is 24.4 Å². The normalized spacial score (nSPS) is 23.5. The van der Waals surface area contributed by atoms with Gasteiger partial charge in [-0.25, -0.2) is 9.48 Å². The summed E-state index contributed by atoms with van der Waals surface area (Å²) in [6, 6.07) is -0.880. The van der Waals surface area contributed by atoms with Crippen LogP contribution >= 0.6 is 35.3 Å². The van der Waals surface area contributed by atoms with Crippen molar-refractivity contribution in [3.63, 3.8) is 0 Å². The van der Waals surface area contributed by atoms with Crippen LogP contribution in [0.4, 0.5) is 0 Å². The van der Waals surface area contributed by atoms with Gasteiger partial charge in [-0.15, -0.1) is 28.6 Å². The second-order valence-corrected chi connectivity index (χ2v) is 9.74. The van der Waals surface area contributed by atoms with Crippen LogP contribution in [-0.4, -0.2) is 83.8 Å². The van der Waals surface area contributed by atoms with E-state index in [0.717, 1.165) is 0 Å². The Labute approximate surface area is 200 Å². The molecule has 0 bridgehead atoms. The minimum Gasteiger partial charge on any atom is -0.477 e. The van der Waals surface area contributed by atoms with Crippen LogP contribution in [0.3, 0.4) is 0 Å². The number of fused-ring (bicyclic) bond motifs is 1. The third kappa shape index (κ3) is 4.68. The Morgan fingerprint density at radius 2 is 2.24 bits per heavy atom. The number of hydroxylamine groups is 1. The highest BCUT2D eigenvalue weighted by atomic mass is 32.2. The van der Waals surface area contributed by atoms with E-state index in [1.165, 1.54) is 58.2 Å². The molecule has 4 heterocycles. The molecule has 1 aromatic heterocycles. The fraction of sp³-hybridized carbons (Fsp3) is 0.412. The lowest BCUT2D eigenvalue weighted by atomic mass is 10.0. The van der Waals surface area contributed by atoms with Gasteiger partial charge in [0.05, 0.1) is 19.1 Å². The van der Waals surface area contributed by atoms with Gasteiger partial charge >= 0.3 is 5.97 Å². The molecule has 3 N–H and O–H groups in total. The molecule has 1 fully saturated rings. The van der Waals surface area contributed by atoms with Gasteiger partial charge in [-0.05, 0) is 16.0 Å². The molecule has 0 radical (unpaired) electrons. The van der Waals surface area contributed by atoms with Crippen molar-refractivity contribution in [1.82, 2.24) is 35.9 Å². The van der Waals surface area contributed by atoms with E-state index in [-0.39, 0.29) is 11.4 Å². The van der Waals surface area contributed by atoms with Gasteiger partial charge in [0.15, 0.2) is 5.70 Å². The number of nitrogens with one attached hydrogen (secondary N) is 2. The van der Waals surface area contributed by atoms with Gasteiger partial charge in [0.25, 0.3) is 11.8 Å². The second-order valence-electron chi connectivity index (χ2n) is 6.80. The Balaban J connectivity index is 1.48. The standard InChI is InChI=1S/C17H19N7O6S3/c1-23-17(19-21-22-23)33-6-8-5-32-15-11(14(26)24(15)12(8)16(27)28)18-13(25)10(20-29-2)9-7-31-4-3-30-9/h3-4,11,15,20H,5-7H2,1-2H3,(H,18,25)(H,27,28)/t11?,15-/m0/s1. The van der Waals surface area contributed by atoms with E-state index in [1.54, 1.807) is 12.5 Å². The number of carboxylic acids is 1. The molecule has 3 aliphatic rings. The van der Waals surface area contributed by atoms with E-state index in [9.17, 15) is 19.5 Å². The molecule has 1 unspecified atom stereocenters. The van der Waals surface area contributed by atoms with E-state index in [1.807, 2.05) is 0 Å². The number of hydrogen-bond acceptors (Lipinski definition) is 12. The molecular weight excluding hydrogens is 494 g/mol. The monoisotopic (exact) mass is 513 g/mol. The van der Waals surface area contributed by atoms with Crippen molar-refractivity contribution in [3.8, 4) is 0 Å². The molecule has 0 aromatic carbocycles. The van der Waals surface area contributed by atoms with Crippen LogP contribution in [0.1, 0.15) is 0 Å². The molecule has 13 nitrogen and oxygen atoms in total. The first-order valence-electron chi connectivity index (χ1n) is 9.43. The van der Waals surface area contributed by atoms with Crippen LogP contribution in [0.5, 0.6) is 0 Å². The molecule has 16 heteroatoms. The summed E-state index contributed by atoms with van der Waals surface area (Å²) in [5, 5.41) is 25.4. The van der Waals surface area contributed by atoms with Gasteiger partial charge in [0, 0.05) is 24.0 Å². The average molecular weight is 514 g/mol. The average Bonchev–Trinajstić information content (AvgIpc) is 3.23. The van der Waals surface area contributed by atoms with Crippen LogP contribution in [0, 0.1) is 0 Å². The number of hydrogen-bond donors (Lipinski definition) is 3. The van der Waals surface area contributed by atoms with E-state index in [2.05, 4.69) is 26.3 Å². The topological polar surface area (TPSA) is 161 Å². The Hall–Kier alpha value is -2.69. The number of carboxylic acid groups (broad SMARTS) is 1. The number of aliphatic carboxylic acids is 1. The van der Waals surface area contributed by atoms with Crippen LogP contribution in [0.15, 0.2) is 39.6 Å². The maximum atomic E-state index is 12.9. The zero-order valence-electron chi connectivity index (χ0n) is 17.4. The number of aryl methyl sites for hydroxylation is 1. The molecule has 2 atom stereocenters. The Kier molecular flexibility index (Phi) is 7.16. The lowest BCUT2D eigenvalue weighted by molar-refractivity contribution is -0.150. The van der Waals surface area contributed by atoms with E-state index in [4.69, 9.17) is 9.57 Å². The lowest BCUT2D eigenvalue weighted by Crippen LogP contribution is -2.71. The van der Waals surface area contributed by atoms with Gasteiger partial charge < -0.3 is 15.2 Å². The Morgan fingerprint density at radius 3 is 2.88 bits per heavy atom. The fourth-order valence-corrected chi connectivity index (χ4v) is 6.20. The number of thioether (sulfide) groups is 3. The second kappa shape index (κ2) is 10.1. The highest BCUT2D eigenvalue weighted by molar-refractivity contribution is 8.02. The van der Waals surface area contributed by atoms with Gasteiger partial charge in [-0.2, -0.15) is 0 Å². The van der Waals surface area contributed by atoms with Crippen molar-refractivity contribution in [3.05, 3.63) is 34.4 Å². The summed E-state index contributed by atoms with van der Waals surface area (Å²) in [6.45, 7) is 0. The summed E-state index contributed by atoms with van der Waals surface area (Å²) < 4.78 is 6.86. The molecular formula is C17H19N7O6S3. The fourth-order valence-electron chi connectivity index (χ4n) is 3.27. The molecule has 1 saturated heterocycles. The van der Waals surface area contributed by atoms with Crippen molar-refractivity contribution in [1.29, 1.82) is 0 Å². The smallest absolute Gasteiger partial charge is 0.352 e. The largest absolute Gasteiger partial charge is 0.477 e. The number of β-lactam (4-membered cyclic amide) rings is 1. The zero-order valence-corrected chi connectivity index (χ0v) is 19.8. The maximum absolute atomic E-state index is 12.9. The lowest BCUT2D eigenvalue weighted by Gasteiger charge is -2.49. The third-order valence-electron chi connectivity index (χ3n) is 4.78. The molecule has 0 spiro atoms. The summed E-state index contributed by atoms with van der Waals surface area (Å²) in [4.78, 5) is 43.8. The van der Waals surface area contributed by atoms with Crippen molar-refractivity contribution in [2.45, 2.75) is 16.6 Å². The summed E-state index contributed by atoms with van der Waals surface area (Å²) in [5.41, 5.74) is 3.06. The highest BCUT2D eigenvalue weighted by Gasteiger charge is 2.54. The van der Waals surface area contributed by atoms with E-state index in [0.29, 0.717) is 33.7 Å². The molecule has 0 saturated carbocycles. The molecule has 176 valence electrons. The number of tetrazole rings is 1. The predicted molar refractivity (Wildman–Crippen MR) is 119 cm³/mol. The zero-order chi connectivity index (χ0) is 23.5. The quantitative estimate of drug-likeness (QED) is 0.179. The van der Waals surface area contributed by atoms with Gasteiger partial charge in [0.2, 0.25) is 5.16 Å². The van der Waals surface area contributed by atoms with Gasteiger partial charge in [-0.1, -0.05) is 11.8 Å². The van der Waals surface area contributed by atoms with Crippen LogP contribution in [-0.2, 0) is 31.0 Å². The SMILES string of the molecule is CONC(C(=O)NC1C(=O)N2C(C(=O)O)=C(CSc3nnnn3C)CS[C@@H]12)=C1CSC=CO1. The summed E-state index contributed by atoms with van der Waals surface area (Å²) in [5.74, 6) is -0.826. The van der Waals surface area contributed by atoms with Gasteiger partial charge in [-0.3, -0.25) is 24.8 Å². The first-order valence-corrected chi connectivity index (χ1v) is 12.5. The number of amides is 2. The minimum absolute atomic E-state index is 0.0461. The molecule has 3 aliphatic heterocycles. The number of carbonyl (C=O) groups excluding carboxylic acids is 2. The summed E-state index contributed by atoms with van der Waals surface area (Å²) in [7, 11) is 3.04. The Bertz CT molecular complexity index is 1070. The maximum Gasteiger partial charge on any atom is 0.352 e. The predicted octanol–water partition coefficient (Wildman–Crippen LogP) is -0.362. The van der Waals surface area contributed by atoms with Crippen LogP contribution < -0.4 is 10.8 Å². The molecule has 4 rings (SSSR count). The van der Waals surface area contributed by atoms with Crippen molar-refractivity contribution in [2.24, 2.45) is 7.05 Å². The summed E-state index contributed by atoms with van der Waals surface area (Å²) >= 11 is 4.10. The van der Waals surface area contributed by atoms with Crippen LogP contribution in [0.2, 0.25) is 0 Å². The molecule has 1 aromatic rings. The van der Waals surface area contributed by atoms with Crippen molar-refractivity contribution < 1.29 is 29.1 Å². The first-order chi connectivity index (χ1) is 15.9. The minimum atomic E-state index is -1.20. The molecule has 33 heavy (non-hydrogen) atoms. The molecule has 2 amide bonds. The van der Waals surface area contributed by atoms with Crippen molar-refractivity contribution >= 4 is 53.1 Å². The summed E-state index contributed by atoms with van der Waals surface area (Å²) in [6.07, 6.45) is 1.45. The highest BCUT2D eigenvalue weighted by Crippen LogP contribution is 2.41. The number of carbonyl (C=O) groups is 3. The number of nitrogens with zero attached hydrogens (tertiary/aromatic N) is 5. The Morgan fingerprint density at radius 1 is 1.42 bits per heavy atom. The number of ether oxygens (including phenoxy) is 1.